The molecule has 104 valence electrons. The van der Waals surface area contributed by atoms with E-state index in [-0.39, 0.29) is 0 Å². The first-order valence-corrected chi connectivity index (χ1v) is 7.02. The lowest BCUT2D eigenvalue weighted by Crippen LogP contribution is -2.37. The van der Waals surface area contributed by atoms with E-state index in [9.17, 15) is 4.79 Å². The summed E-state index contributed by atoms with van der Waals surface area (Å²) in [7, 11) is 0. The van der Waals surface area contributed by atoms with E-state index in [1.165, 1.54) is 12.0 Å². The van der Waals surface area contributed by atoms with Crippen molar-refractivity contribution in [2.45, 2.75) is 38.6 Å². The lowest BCUT2D eigenvalue weighted by atomic mass is 9.92. The number of likely N-dealkylation sites (tertiary alicyclic amines) is 1. The lowest BCUT2D eigenvalue weighted by molar-refractivity contribution is -0.137. The first-order valence-electron chi connectivity index (χ1n) is 7.02. The summed E-state index contributed by atoms with van der Waals surface area (Å²) in [6.45, 7) is 4.33. The standard InChI is InChI=1S/C15H22N2O2/c1-12(14-6-8-16-9-7-14)17-10-2-3-13(11-17)4-5-15(18)19/h6-9,12-13H,2-5,10-11H2,1H3,(H,18,19). The predicted octanol–water partition coefficient (Wildman–Crippen LogP) is 2.72. The summed E-state index contributed by atoms with van der Waals surface area (Å²) in [5.74, 6) is -0.159. The van der Waals surface area contributed by atoms with Crippen LogP contribution in [0, 0.1) is 5.92 Å². The third-order valence-corrected chi connectivity index (χ3v) is 4.05. The van der Waals surface area contributed by atoms with Gasteiger partial charge in [0.05, 0.1) is 0 Å². The molecule has 0 amide bonds. The topological polar surface area (TPSA) is 53.4 Å². The van der Waals surface area contributed by atoms with E-state index in [0.29, 0.717) is 18.4 Å². The van der Waals surface area contributed by atoms with Crippen molar-refractivity contribution in [2.24, 2.45) is 5.92 Å². The van der Waals surface area contributed by atoms with Gasteiger partial charge in [0.2, 0.25) is 0 Å². The zero-order valence-electron chi connectivity index (χ0n) is 11.5. The van der Waals surface area contributed by atoms with Crippen molar-refractivity contribution < 1.29 is 9.90 Å². The molecule has 0 aromatic carbocycles. The van der Waals surface area contributed by atoms with Gasteiger partial charge >= 0.3 is 5.97 Å². The molecule has 4 heteroatoms. The molecule has 1 fully saturated rings. The third kappa shape index (κ3) is 4.03. The van der Waals surface area contributed by atoms with Crippen LogP contribution in [0.4, 0.5) is 0 Å². The molecule has 1 aromatic rings. The average Bonchev–Trinajstić information content (AvgIpc) is 2.45. The van der Waals surface area contributed by atoms with E-state index in [0.717, 1.165) is 25.9 Å². The second-order valence-corrected chi connectivity index (χ2v) is 5.39. The minimum absolute atomic E-state index is 0.294. The number of carboxylic acid groups (broad SMARTS) is 1. The largest absolute Gasteiger partial charge is 0.481 e. The van der Waals surface area contributed by atoms with Gasteiger partial charge < -0.3 is 5.11 Å². The number of carboxylic acids is 1. The molecule has 1 aromatic heterocycles. The maximum atomic E-state index is 10.7. The van der Waals surface area contributed by atoms with Gasteiger partial charge in [0.1, 0.15) is 0 Å². The highest BCUT2D eigenvalue weighted by molar-refractivity contribution is 5.66. The van der Waals surface area contributed by atoms with Crippen LogP contribution in [0.2, 0.25) is 0 Å². The van der Waals surface area contributed by atoms with Gasteiger partial charge in [-0.2, -0.15) is 0 Å². The van der Waals surface area contributed by atoms with Crippen molar-refractivity contribution in [1.29, 1.82) is 0 Å². The second kappa shape index (κ2) is 6.66. The SMILES string of the molecule is CC(c1ccncc1)N1CCCC(CCC(=O)O)C1. The van der Waals surface area contributed by atoms with Crippen LogP contribution in [0.25, 0.3) is 0 Å². The molecule has 1 aliphatic heterocycles. The maximum Gasteiger partial charge on any atom is 0.303 e. The summed E-state index contributed by atoms with van der Waals surface area (Å²) >= 11 is 0. The van der Waals surface area contributed by atoms with Gasteiger partial charge in [0.25, 0.3) is 0 Å². The molecule has 2 atom stereocenters. The van der Waals surface area contributed by atoms with E-state index < -0.39 is 5.97 Å². The Morgan fingerprint density at radius 1 is 1.53 bits per heavy atom. The Bertz CT molecular complexity index is 408. The maximum absolute atomic E-state index is 10.7. The molecule has 2 unspecified atom stereocenters. The summed E-state index contributed by atoms with van der Waals surface area (Å²) in [6, 6.07) is 4.51. The zero-order valence-corrected chi connectivity index (χ0v) is 11.5. The lowest BCUT2D eigenvalue weighted by Gasteiger charge is -2.37. The Labute approximate surface area is 114 Å². The van der Waals surface area contributed by atoms with Crippen molar-refractivity contribution in [1.82, 2.24) is 9.88 Å². The minimum atomic E-state index is -0.681. The summed E-state index contributed by atoms with van der Waals surface area (Å²) in [6.07, 6.45) is 7.08. The molecule has 1 N–H and O–H groups in total. The van der Waals surface area contributed by atoms with Crippen molar-refractivity contribution in [2.75, 3.05) is 13.1 Å². The van der Waals surface area contributed by atoms with Gasteiger partial charge in [-0.1, -0.05) is 0 Å². The second-order valence-electron chi connectivity index (χ2n) is 5.39. The molecule has 0 aliphatic carbocycles. The Kier molecular flexibility index (Phi) is 4.91. The van der Waals surface area contributed by atoms with Crippen molar-refractivity contribution in [3.05, 3.63) is 30.1 Å². The van der Waals surface area contributed by atoms with Crippen molar-refractivity contribution in [3.63, 3.8) is 0 Å². The monoisotopic (exact) mass is 262 g/mol. The third-order valence-electron chi connectivity index (χ3n) is 4.05. The van der Waals surface area contributed by atoms with Crippen molar-refractivity contribution in [3.8, 4) is 0 Å². The molecule has 0 bridgehead atoms. The van der Waals surface area contributed by atoms with Gasteiger partial charge in [0, 0.05) is 31.4 Å². The molecule has 1 saturated heterocycles. The van der Waals surface area contributed by atoms with E-state index in [2.05, 4.69) is 28.9 Å². The fraction of sp³-hybridized carbons (Fsp3) is 0.600. The summed E-state index contributed by atoms with van der Waals surface area (Å²) in [5, 5.41) is 8.78. The smallest absolute Gasteiger partial charge is 0.303 e. The van der Waals surface area contributed by atoms with Crippen LogP contribution in [-0.2, 0) is 4.79 Å². The first kappa shape index (κ1) is 14.0. The average molecular weight is 262 g/mol. The summed E-state index contributed by atoms with van der Waals surface area (Å²) in [5.41, 5.74) is 1.29. The number of aromatic nitrogens is 1. The molecule has 2 rings (SSSR count). The Balaban J connectivity index is 1.91. The Morgan fingerprint density at radius 3 is 2.95 bits per heavy atom. The Morgan fingerprint density at radius 2 is 2.26 bits per heavy atom. The van der Waals surface area contributed by atoms with Gasteiger partial charge in [-0.25, -0.2) is 0 Å². The minimum Gasteiger partial charge on any atom is -0.481 e. The summed E-state index contributed by atoms with van der Waals surface area (Å²) in [4.78, 5) is 17.2. The number of carbonyl (C=O) groups is 1. The van der Waals surface area contributed by atoms with E-state index in [1.54, 1.807) is 0 Å². The molecule has 0 saturated carbocycles. The fourth-order valence-electron chi connectivity index (χ4n) is 2.87. The summed E-state index contributed by atoms with van der Waals surface area (Å²) < 4.78 is 0. The molecular formula is C15H22N2O2. The first-order chi connectivity index (χ1) is 9.16. The number of piperidine rings is 1. The highest BCUT2D eigenvalue weighted by Crippen LogP contribution is 2.28. The Hall–Kier alpha value is -1.42. The molecule has 2 heterocycles. The highest BCUT2D eigenvalue weighted by Gasteiger charge is 2.24. The number of hydrogen-bond acceptors (Lipinski definition) is 3. The molecule has 19 heavy (non-hydrogen) atoms. The molecule has 4 nitrogen and oxygen atoms in total. The highest BCUT2D eigenvalue weighted by atomic mass is 16.4. The number of rotatable bonds is 5. The molecule has 1 aliphatic rings. The number of hydrogen-bond donors (Lipinski definition) is 1. The van der Waals surface area contributed by atoms with Crippen LogP contribution >= 0.6 is 0 Å². The van der Waals surface area contributed by atoms with E-state index >= 15 is 0 Å². The van der Waals surface area contributed by atoms with Crippen LogP contribution in [0.15, 0.2) is 24.5 Å². The zero-order chi connectivity index (χ0) is 13.7. The van der Waals surface area contributed by atoms with Gasteiger partial charge in [-0.05, 0) is 56.3 Å². The molecular weight excluding hydrogens is 240 g/mol. The van der Waals surface area contributed by atoms with Gasteiger partial charge in [0.15, 0.2) is 0 Å². The number of pyridine rings is 1. The van der Waals surface area contributed by atoms with Crippen LogP contribution in [0.3, 0.4) is 0 Å². The quantitative estimate of drug-likeness (QED) is 0.886. The fourth-order valence-corrected chi connectivity index (χ4v) is 2.87. The van der Waals surface area contributed by atoms with Gasteiger partial charge in [-0.15, -0.1) is 0 Å². The molecule has 0 spiro atoms. The van der Waals surface area contributed by atoms with Crippen LogP contribution in [-0.4, -0.2) is 34.0 Å². The van der Waals surface area contributed by atoms with Gasteiger partial charge in [-0.3, -0.25) is 14.7 Å². The predicted molar refractivity (Wildman–Crippen MR) is 73.8 cm³/mol. The van der Waals surface area contributed by atoms with Crippen LogP contribution in [0.1, 0.15) is 44.2 Å². The van der Waals surface area contributed by atoms with Crippen molar-refractivity contribution >= 4 is 5.97 Å². The van der Waals surface area contributed by atoms with Crippen LogP contribution < -0.4 is 0 Å². The van der Waals surface area contributed by atoms with E-state index in [1.807, 2.05) is 12.4 Å². The van der Waals surface area contributed by atoms with Crippen LogP contribution in [0.5, 0.6) is 0 Å². The normalized spacial score (nSPS) is 22.1. The number of aliphatic carboxylic acids is 1. The van der Waals surface area contributed by atoms with E-state index in [4.69, 9.17) is 5.11 Å². The molecule has 0 radical (unpaired) electrons. The number of nitrogens with zero attached hydrogens (tertiary/aromatic N) is 2.